The van der Waals surface area contributed by atoms with Gasteiger partial charge in [0.15, 0.2) is 0 Å². The van der Waals surface area contributed by atoms with Gasteiger partial charge < -0.3 is 14.1 Å². The Balaban J connectivity index is 1.47. The minimum absolute atomic E-state index is 0.104. The summed E-state index contributed by atoms with van der Waals surface area (Å²) in [6, 6.07) is 9.85. The molecule has 0 radical (unpaired) electrons. The van der Waals surface area contributed by atoms with E-state index in [1.807, 2.05) is 0 Å². The number of carbonyl (C=O) groups excluding carboxylic acids is 2. The quantitative estimate of drug-likeness (QED) is 0.529. The molecule has 0 saturated carbocycles. The van der Waals surface area contributed by atoms with Gasteiger partial charge >= 0.3 is 12.5 Å². The topological polar surface area (TPSA) is 88.8 Å². The first-order valence-corrected chi connectivity index (χ1v) is 11.0. The fourth-order valence-corrected chi connectivity index (χ4v) is 4.85. The van der Waals surface area contributed by atoms with Gasteiger partial charge in [-0.05, 0) is 48.2 Å². The van der Waals surface area contributed by atoms with E-state index in [-0.39, 0.29) is 17.8 Å². The van der Waals surface area contributed by atoms with E-state index < -0.39 is 30.3 Å². The largest absolute Gasteiger partial charge is 0.453 e. The van der Waals surface area contributed by atoms with Gasteiger partial charge in [0.1, 0.15) is 5.82 Å². The number of hydrogen-bond acceptors (Lipinski definition) is 6. The first-order chi connectivity index (χ1) is 16.9. The molecule has 0 bridgehead atoms. The number of nitrogens with zero attached hydrogens (tertiary/aromatic N) is 4. The normalized spacial score (nSPS) is 19.9. The van der Waals surface area contributed by atoms with E-state index in [0.717, 1.165) is 5.56 Å². The maximum absolute atomic E-state index is 13.6. The number of alkyl halides is 2. The van der Waals surface area contributed by atoms with Crippen LogP contribution >= 0.6 is 0 Å². The van der Waals surface area contributed by atoms with Gasteiger partial charge in [-0.15, -0.1) is 10.2 Å². The number of likely N-dealkylation sites (tertiary alicyclic amines) is 1. The van der Waals surface area contributed by atoms with Crippen molar-refractivity contribution < 1.29 is 31.9 Å². The van der Waals surface area contributed by atoms with Crippen molar-refractivity contribution in [2.75, 3.05) is 13.7 Å². The van der Waals surface area contributed by atoms with Crippen LogP contribution in [0.25, 0.3) is 11.5 Å². The van der Waals surface area contributed by atoms with Gasteiger partial charge in [-0.1, -0.05) is 18.2 Å². The van der Waals surface area contributed by atoms with E-state index in [9.17, 15) is 22.8 Å². The summed E-state index contributed by atoms with van der Waals surface area (Å²) in [5.74, 6) is -1.56. The third-order valence-corrected chi connectivity index (χ3v) is 6.44. The number of carbonyl (C=O) groups is 2. The summed E-state index contributed by atoms with van der Waals surface area (Å²) in [7, 11) is 1.29. The second-order valence-electron chi connectivity index (χ2n) is 8.42. The fraction of sp³-hybridized carbons (Fsp3) is 0.333. The zero-order valence-electron chi connectivity index (χ0n) is 18.7. The zero-order chi connectivity index (χ0) is 24.7. The average Bonchev–Trinajstić information content (AvgIpc) is 3.49. The van der Waals surface area contributed by atoms with Gasteiger partial charge in [0.2, 0.25) is 5.89 Å². The lowest BCUT2D eigenvalue weighted by molar-refractivity contribution is 0.0283. The molecule has 0 N–H and O–H groups in total. The number of rotatable bonds is 4. The van der Waals surface area contributed by atoms with Crippen LogP contribution < -0.4 is 0 Å². The molecule has 1 fully saturated rings. The molecule has 2 aliphatic heterocycles. The summed E-state index contributed by atoms with van der Waals surface area (Å²) in [6.07, 6.45) is -2.14. The first kappa shape index (κ1) is 22.9. The van der Waals surface area contributed by atoms with Crippen molar-refractivity contribution in [1.29, 1.82) is 0 Å². The summed E-state index contributed by atoms with van der Waals surface area (Å²) >= 11 is 0. The maximum atomic E-state index is 13.6. The van der Waals surface area contributed by atoms with Crippen molar-refractivity contribution in [3.05, 3.63) is 70.9 Å². The Hall–Kier alpha value is -3.89. The van der Waals surface area contributed by atoms with Crippen LogP contribution in [0.1, 0.15) is 52.7 Å². The molecule has 11 heteroatoms. The van der Waals surface area contributed by atoms with E-state index in [0.29, 0.717) is 42.6 Å². The molecule has 0 spiro atoms. The second kappa shape index (κ2) is 9.05. The van der Waals surface area contributed by atoms with Crippen molar-refractivity contribution in [1.82, 2.24) is 20.0 Å². The standard InChI is InChI=1S/C24H21F3N4O4/c1-34-24(33)30-10-2-3-18(19(30)13-6-8-16(25)9-7-13)31-12-15-5-4-14(11-17(15)23(31)32)21-28-29-22(35-21)20(26)27/h4-9,11,18-20H,2-3,10,12H2,1H3. The van der Waals surface area contributed by atoms with Gasteiger partial charge in [0.25, 0.3) is 11.8 Å². The monoisotopic (exact) mass is 486 g/mol. The number of halogens is 3. The summed E-state index contributed by atoms with van der Waals surface area (Å²) in [6.45, 7) is 0.742. The third kappa shape index (κ3) is 4.11. The van der Waals surface area contributed by atoms with Crippen molar-refractivity contribution in [2.45, 2.75) is 37.9 Å². The van der Waals surface area contributed by atoms with Crippen LogP contribution in [0.2, 0.25) is 0 Å². The molecule has 1 aromatic heterocycles. The first-order valence-electron chi connectivity index (χ1n) is 11.0. The van der Waals surface area contributed by atoms with Gasteiger partial charge in [0, 0.05) is 24.2 Å². The SMILES string of the molecule is COC(=O)N1CCCC(N2Cc3ccc(-c4nnc(C(F)F)o4)cc3C2=O)C1c1ccc(F)cc1. The Bertz CT molecular complexity index is 1260. The van der Waals surface area contributed by atoms with Gasteiger partial charge in [-0.25, -0.2) is 9.18 Å². The van der Waals surface area contributed by atoms with Crippen LogP contribution in [0.15, 0.2) is 46.9 Å². The average molecular weight is 486 g/mol. The molecule has 0 aliphatic carbocycles. The third-order valence-electron chi connectivity index (χ3n) is 6.44. The lowest BCUT2D eigenvalue weighted by atomic mass is 9.89. The van der Waals surface area contributed by atoms with Gasteiger partial charge in [0.05, 0.1) is 19.2 Å². The lowest BCUT2D eigenvalue weighted by Gasteiger charge is -2.44. The van der Waals surface area contributed by atoms with Crippen LogP contribution in [0.5, 0.6) is 0 Å². The number of amides is 2. The second-order valence-corrected chi connectivity index (χ2v) is 8.42. The van der Waals surface area contributed by atoms with Crippen LogP contribution in [-0.2, 0) is 11.3 Å². The predicted molar refractivity (Wildman–Crippen MR) is 116 cm³/mol. The van der Waals surface area contributed by atoms with Crippen LogP contribution in [0.3, 0.4) is 0 Å². The highest BCUT2D eigenvalue weighted by molar-refractivity contribution is 5.99. The molecule has 1 saturated heterocycles. The minimum Gasteiger partial charge on any atom is -0.453 e. The molecule has 2 atom stereocenters. The number of piperidine rings is 1. The Labute approximate surface area is 198 Å². The summed E-state index contributed by atoms with van der Waals surface area (Å²) in [4.78, 5) is 29.3. The molecule has 2 aliphatic rings. The predicted octanol–water partition coefficient (Wildman–Crippen LogP) is 4.74. The van der Waals surface area contributed by atoms with Gasteiger partial charge in [-0.3, -0.25) is 9.69 Å². The Morgan fingerprint density at radius 3 is 2.63 bits per heavy atom. The molecule has 5 rings (SSSR count). The van der Waals surface area contributed by atoms with E-state index in [2.05, 4.69) is 10.2 Å². The van der Waals surface area contributed by atoms with Crippen molar-refractivity contribution in [3.63, 3.8) is 0 Å². The smallest absolute Gasteiger partial charge is 0.410 e. The molecule has 8 nitrogen and oxygen atoms in total. The summed E-state index contributed by atoms with van der Waals surface area (Å²) in [5.41, 5.74) is 2.19. The van der Waals surface area contributed by atoms with Crippen LogP contribution in [-0.4, -0.2) is 51.7 Å². The fourth-order valence-electron chi connectivity index (χ4n) is 4.85. The minimum atomic E-state index is -2.89. The lowest BCUT2D eigenvalue weighted by Crippen LogP contribution is -2.52. The Morgan fingerprint density at radius 1 is 1.17 bits per heavy atom. The number of benzene rings is 2. The molecule has 3 heterocycles. The van der Waals surface area contributed by atoms with Crippen LogP contribution in [0, 0.1) is 5.82 Å². The maximum Gasteiger partial charge on any atom is 0.410 e. The molecular weight excluding hydrogens is 465 g/mol. The number of hydrogen-bond donors (Lipinski definition) is 0. The van der Waals surface area contributed by atoms with Crippen molar-refractivity contribution in [2.24, 2.45) is 0 Å². The van der Waals surface area contributed by atoms with E-state index in [1.54, 1.807) is 40.1 Å². The molecule has 2 amide bonds. The zero-order valence-corrected chi connectivity index (χ0v) is 18.7. The molecular formula is C24H21F3N4O4. The number of ether oxygens (including phenoxy) is 1. The highest BCUT2D eigenvalue weighted by Crippen LogP contribution is 2.39. The summed E-state index contributed by atoms with van der Waals surface area (Å²) in [5, 5.41) is 6.99. The molecule has 2 unspecified atom stereocenters. The van der Waals surface area contributed by atoms with Crippen molar-refractivity contribution >= 4 is 12.0 Å². The highest BCUT2D eigenvalue weighted by Gasteiger charge is 2.43. The Kier molecular flexibility index (Phi) is 5.91. The molecule has 3 aromatic rings. The summed E-state index contributed by atoms with van der Waals surface area (Å²) < 4.78 is 49.3. The number of fused-ring (bicyclic) bond motifs is 1. The molecule has 35 heavy (non-hydrogen) atoms. The van der Waals surface area contributed by atoms with Gasteiger partial charge in [-0.2, -0.15) is 8.78 Å². The van der Waals surface area contributed by atoms with Crippen LogP contribution in [0.4, 0.5) is 18.0 Å². The number of aromatic nitrogens is 2. The molecule has 2 aromatic carbocycles. The highest BCUT2D eigenvalue weighted by atomic mass is 19.3. The van der Waals surface area contributed by atoms with E-state index in [1.165, 1.54) is 19.2 Å². The number of methoxy groups -OCH3 is 1. The molecule has 182 valence electrons. The Morgan fingerprint density at radius 2 is 1.94 bits per heavy atom. The van der Waals surface area contributed by atoms with Crippen molar-refractivity contribution in [3.8, 4) is 11.5 Å². The van der Waals surface area contributed by atoms with E-state index in [4.69, 9.17) is 9.15 Å². The van der Waals surface area contributed by atoms with E-state index >= 15 is 0 Å².